The van der Waals surface area contributed by atoms with Crippen molar-refractivity contribution >= 4 is 11.3 Å². The van der Waals surface area contributed by atoms with Gasteiger partial charge in [0.1, 0.15) is 18.1 Å². The number of rotatable bonds is 6. The maximum Gasteiger partial charge on any atom is 0.281 e. The summed E-state index contributed by atoms with van der Waals surface area (Å²) in [4.78, 5) is 4.52. The summed E-state index contributed by atoms with van der Waals surface area (Å²) in [5.74, 6) is -4.17. The number of nitrogens with zero attached hydrogens (tertiary/aromatic N) is 2. The lowest BCUT2D eigenvalue weighted by Gasteiger charge is -2.18. The van der Waals surface area contributed by atoms with E-state index in [-0.39, 0.29) is 47.3 Å². The van der Waals surface area contributed by atoms with Crippen molar-refractivity contribution in [1.82, 2.24) is 4.98 Å². The van der Waals surface area contributed by atoms with Gasteiger partial charge in [-0.05, 0) is 58.4 Å². The number of fused-ring (bicyclic) bond motifs is 1. The number of nitriles is 1. The van der Waals surface area contributed by atoms with E-state index >= 15 is 0 Å². The molecule has 0 radical (unpaired) electrons. The molecule has 0 spiro atoms. The third-order valence-corrected chi connectivity index (χ3v) is 6.91. The van der Waals surface area contributed by atoms with E-state index in [9.17, 15) is 33.0 Å². The fourth-order valence-corrected chi connectivity index (χ4v) is 5.23. The van der Waals surface area contributed by atoms with E-state index in [0.29, 0.717) is 21.7 Å². The first kappa shape index (κ1) is 23.4. The molecule has 3 aromatic rings. The zero-order valence-corrected chi connectivity index (χ0v) is 18.4. The van der Waals surface area contributed by atoms with Gasteiger partial charge in [0.2, 0.25) is 0 Å². The predicted octanol–water partition coefficient (Wildman–Crippen LogP) is 5.55. The number of alkyl halides is 3. The van der Waals surface area contributed by atoms with Crippen molar-refractivity contribution in [2.75, 3.05) is 0 Å². The molecule has 4 nitrogen and oxygen atoms in total. The maximum absolute atomic E-state index is 14.7. The van der Waals surface area contributed by atoms with Crippen LogP contribution in [-0.2, 0) is 19.4 Å². The molecule has 0 saturated carbocycles. The molecule has 9 heteroatoms. The van der Waals surface area contributed by atoms with Crippen molar-refractivity contribution in [3.63, 3.8) is 0 Å². The topological polar surface area (TPSA) is 77.1 Å². The highest BCUT2D eigenvalue weighted by atomic mass is 32.1. The molecule has 33 heavy (non-hydrogen) atoms. The average Bonchev–Trinajstić information content (AvgIpc) is 3.36. The summed E-state index contributed by atoms with van der Waals surface area (Å²) in [6, 6.07) is 7.07. The quantitative estimate of drug-likeness (QED) is 0.458. The molecule has 0 aliphatic heterocycles. The van der Waals surface area contributed by atoms with E-state index in [4.69, 9.17) is 0 Å². The van der Waals surface area contributed by atoms with Gasteiger partial charge in [-0.15, -0.1) is 11.3 Å². The summed E-state index contributed by atoms with van der Waals surface area (Å²) in [7, 11) is 0. The molecule has 2 aromatic carbocycles. The van der Waals surface area contributed by atoms with Crippen molar-refractivity contribution in [1.29, 1.82) is 5.26 Å². The van der Waals surface area contributed by atoms with Crippen LogP contribution in [0.2, 0.25) is 0 Å². The number of hydrogen-bond acceptors (Lipinski definition) is 5. The lowest BCUT2D eigenvalue weighted by Crippen LogP contribution is -2.21. The van der Waals surface area contributed by atoms with Crippen LogP contribution in [0.3, 0.4) is 0 Å². The Morgan fingerprint density at radius 3 is 2.76 bits per heavy atom. The third kappa shape index (κ3) is 4.03. The van der Waals surface area contributed by atoms with Gasteiger partial charge in [0.05, 0.1) is 34.3 Å². The van der Waals surface area contributed by atoms with Gasteiger partial charge in [0.15, 0.2) is 0 Å². The number of halogens is 4. The van der Waals surface area contributed by atoms with Crippen LogP contribution in [0.25, 0.3) is 10.4 Å². The molecule has 0 fully saturated rings. The number of aliphatic hydroxyl groups excluding tert-OH is 2. The van der Waals surface area contributed by atoms with E-state index in [1.807, 2.05) is 6.07 Å². The summed E-state index contributed by atoms with van der Waals surface area (Å²) in [5, 5.41) is 29.5. The summed E-state index contributed by atoms with van der Waals surface area (Å²) >= 11 is 1.16. The fraction of sp³-hybridized carbons (Fsp3) is 0.333. The van der Waals surface area contributed by atoms with E-state index in [1.54, 1.807) is 19.1 Å². The molecule has 1 aliphatic carbocycles. The van der Waals surface area contributed by atoms with Crippen LogP contribution in [-0.4, -0.2) is 21.1 Å². The maximum atomic E-state index is 14.7. The Kier molecular flexibility index (Phi) is 6.27. The molecule has 4 rings (SSSR count). The molecule has 1 aliphatic rings. The minimum Gasteiger partial charge on any atom is -0.390 e. The minimum atomic E-state index is -3.42. The predicted molar refractivity (Wildman–Crippen MR) is 115 cm³/mol. The van der Waals surface area contributed by atoms with E-state index in [0.717, 1.165) is 23.5 Å². The molecule has 2 atom stereocenters. The summed E-state index contributed by atoms with van der Waals surface area (Å²) in [6.45, 7) is 1.20. The van der Waals surface area contributed by atoms with Gasteiger partial charge in [-0.1, -0.05) is 19.1 Å². The van der Waals surface area contributed by atoms with Crippen LogP contribution in [0.5, 0.6) is 0 Å². The molecule has 1 heterocycles. The molecule has 1 aromatic heterocycles. The van der Waals surface area contributed by atoms with Crippen LogP contribution in [0.15, 0.2) is 29.8 Å². The SMILES string of the molecule is CCC(F)c1cc(F)cc(C#N)c1Cc1ccc(-c2scnc2CO)c2c1CC(F)(F)C2O. The van der Waals surface area contributed by atoms with Crippen LogP contribution in [0.4, 0.5) is 17.6 Å². The average molecular weight is 476 g/mol. The van der Waals surface area contributed by atoms with Crippen LogP contribution in [0.1, 0.15) is 64.7 Å². The van der Waals surface area contributed by atoms with Gasteiger partial charge >= 0.3 is 0 Å². The van der Waals surface area contributed by atoms with Gasteiger partial charge in [-0.3, -0.25) is 0 Å². The largest absolute Gasteiger partial charge is 0.390 e. The van der Waals surface area contributed by atoms with E-state index in [2.05, 4.69) is 4.98 Å². The number of thiazole rings is 1. The number of benzene rings is 2. The first-order valence-corrected chi connectivity index (χ1v) is 11.2. The number of hydrogen-bond donors (Lipinski definition) is 2. The Labute approximate surface area is 191 Å². The van der Waals surface area contributed by atoms with Crippen LogP contribution >= 0.6 is 11.3 Å². The smallest absolute Gasteiger partial charge is 0.281 e. The molecule has 2 N–H and O–H groups in total. The highest BCUT2D eigenvalue weighted by Gasteiger charge is 2.49. The standard InChI is InChI=1S/C24H20F4N2O2S/c1-2-19(26)17-7-14(25)5-13(9-29)16(17)6-12-3-4-15(22-20(10-31)30-11-33-22)21-18(12)8-24(27,28)23(21)32/h3-5,7,11,19,23,31-32H,2,6,8,10H2,1H3. The van der Waals surface area contributed by atoms with Crippen molar-refractivity contribution in [2.45, 2.75) is 51.0 Å². The van der Waals surface area contributed by atoms with E-state index in [1.165, 1.54) is 5.51 Å². The van der Waals surface area contributed by atoms with Gasteiger partial charge in [-0.25, -0.2) is 22.5 Å². The molecule has 0 saturated heterocycles. The first-order valence-electron chi connectivity index (χ1n) is 10.3. The lowest BCUT2D eigenvalue weighted by atomic mass is 9.88. The van der Waals surface area contributed by atoms with Gasteiger partial charge < -0.3 is 10.2 Å². The summed E-state index contributed by atoms with van der Waals surface area (Å²) < 4.78 is 57.9. The Balaban J connectivity index is 1.90. The van der Waals surface area contributed by atoms with Crippen molar-refractivity contribution in [2.24, 2.45) is 0 Å². The molecule has 172 valence electrons. The highest BCUT2D eigenvalue weighted by Crippen LogP contribution is 2.50. The zero-order chi connectivity index (χ0) is 23.9. The second-order valence-electron chi connectivity index (χ2n) is 7.98. The van der Waals surface area contributed by atoms with Gasteiger partial charge in [0, 0.05) is 6.42 Å². The monoisotopic (exact) mass is 476 g/mol. The molecule has 0 amide bonds. The Morgan fingerprint density at radius 1 is 1.33 bits per heavy atom. The fourth-order valence-electron chi connectivity index (χ4n) is 4.38. The van der Waals surface area contributed by atoms with Crippen LogP contribution in [0, 0.1) is 17.1 Å². The highest BCUT2D eigenvalue weighted by molar-refractivity contribution is 7.13. The molecular weight excluding hydrogens is 456 g/mol. The normalized spacial score (nSPS) is 17.6. The zero-order valence-electron chi connectivity index (χ0n) is 17.6. The number of aromatic nitrogens is 1. The molecular formula is C24H20F4N2O2S. The van der Waals surface area contributed by atoms with E-state index < -0.39 is 30.4 Å². The van der Waals surface area contributed by atoms with Crippen LogP contribution < -0.4 is 0 Å². The van der Waals surface area contributed by atoms with Gasteiger partial charge in [-0.2, -0.15) is 5.26 Å². The first-order chi connectivity index (χ1) is 15.7. The Morgan fingerprint density at radius 2 is 2.09 bits per heavy atom. The van der Waals surface area contributed by atoms with Gasteiger partial charge in [0.25, 0.3) is 5.92 Å². The number of aliphatic hydroxyl groups is 2. The third-order valence-electron chi connectivity index (χ3n) is 6.01. The van der Waals surface area contributed by atoms with Crippen molar-refractivity contribution in [3.8, 4) is 16.5 Å². The minimum absolute atomic E-state index is 0.0159. The molecule has 0 bridgehead atoms. The summed E-state index contributed by atoms with van der Waals surface area (Å²) in [5.41, 5.74) is 2.97. The van der Waals surface area contributed by atoms with Crippen molar-refractivity contribution < 1.29 is 27.8 Å². The Bertz CT molecular complexity index is 1250. The Hall–Kier alpha value is -2.80. The van der Waals surface area contributed by atoms with Crippen molar-refractivity contribution in [3.05, 3.63) is 74.7 Å². The second-order valence-corrected chi connectivity index (χ2v) is 8.83. The molecule has 2 unspecified atom stereocenters. The lowest BCUT2D eigenvalue weighted by molar-refractivity contribution is -0.0966. The summed E-state index contributed by atoms with van der Waals surface area (Å²) in [6.07, 6.45) is -4.33. The second kappa shape index (κ2) is 8.86.